The average Bonchev–Trinajstić information content (AvgIpc) is 3.24. The summed E-state index contributed by atoms with van der Waals surface area (Å²) in [6.45, 7) is 5.40. The highest BCUT2D eigenvalue weighted by atomic mass is 32.1. The second-order valence-electron chi connectivity index (χ2n) is 7.88. The van der Waals surface area contributed by atoms with Crippen LogP contribution in [-0.4, -0.2) is 61.0 Å². The molecule has 0 aliphatic carbocycles. The molecule has 0 spiro atoms. The molecule has 0 saturated carbocycles. The van der Waals surface area contributed by atoms with Crippen molar-refractivity contribution >= 4 is 22.9 Å². The van der Waals surface area contributed by atoms with Gasteiger partial charge >= 0.3 is 0 Å². The summed E-state index contributed by atoms with van der Waals surface area (Å²) < 4.78 is 5.20. The van der Waals surface area contributed by atoms with Crippen LogP contribution in [0.5, 0.6) is 5.75 Å². The maximum atomic E-state index is 12.4. The molecule has 1 amide bonds. The molecule has 7 heteroatoms. The number of piperazine rings is 1. The summed E-state index contributed by atoms with van der Waals surface area (Å²) in [4.78, 5) is 22.0. The van der Waals surface area contributed by atoms with Gasteiger partial charge in [0.25, 0.3) is 0 Å². The van der Waals surface area contributed by atoms with Gasteiger partial charge in [0.05, 0.1) is 19.2 Å². The zero-order chi connectivity index (χ0) is 21.6. The Labute approximate surface area is 187 Å². The number of carbonyl (C=O) groups is 1. The van der Waals surface area contributed by atoms with Crippen LogP contribution in [0.3, 0.4) is 0 Å². The van der Waals surface area contributed by atoms with Crippen LogP contribution < -0.4 is 10.1 Å². The number of ether oxygens (including phenoxy) is 1. The van der Waals surface area contributed by atoms with E-state index in [1.807, 2.05) is 23.6 Å². The largest absolute Gasteiger partial charge is 0.497 e. The number of nitrogens with zero attached hydrogens (tertiary/aromatic N) is 3. The van der Waals surface area contributed by atoms with E-state index in [4.69, 9.17) is 9.72 Å². The molecule has 162 valence electrons. The van der Waals surface area contributed by atoms with Gasteiger partial charge in [-0.3, -0.25) is 9.69 Å². The average molecular weight is 437 g/mol. The molecule has 0 unspecified atom stereocenters. The van der Waals surface area contributed by atoms with Gasteiger partial charge in [-0.15, -0.1) is 11.3 Å². The van der Waals surface area contributed by atoms with Crippen molar-refractivity contribution in [1.29, 1.82) is 0 Å². The zero-order valence-electron chi connectivity index (χ0n) is 18.0. The number of hydrogen-bond acceptors (Lipinski definition) is 6. The molecule has 3 aromatic rings. The quantitative estimate of drug-likeness (QED) is 0.611. The van der Waals surface area contributed by atoms with Gasteiger partial charge in [0.15, 0.2) is 0 Å². The van der Waals surface area contributed by atoms with E-state index >= 15 is 0 Å². The molecule has 31 heavy (non-hydrogen) atoms. The molecule has 2 heterocycles. The van der Waals surface area contributed by atoms with Crippen molar-refractivity contribution in [2.75, 3.05) is 45.7 Å². The van der Waals surface area contributed by atoms with Gasteiger partial charge in [0.1, 0.15) is 10.8 Å². The van der Waals surface area contributed by atoms with Gasteiger partial charge < -0.3 is 15.0 Å². The van der Waals surface area contributed by atoms with Crippen LogP contribution in [0.15, 0.2) is 53.9 Å². The molecule has 1 saturated heterocycles. The van der Waals surface area contributed by atoms with Crippen LogP contribution in [0, 0.1) is 0 Å². The number of hydrogen-bond donors (Lipinski definition) is 1. The SMILES string of the molecule is COc1cccc(NC(=O)Cc2csc(-c3cccc(CN4CCN(C)CC4)c3)n2)c1. The first kappa shape index (κ1) is 21.5. The van der Waals surface area contributed by atoms with Crippen LogP contribution >= 0.6 is 11.3 Å². The summed E-state index contributed by atoms with van der Waals surface area (Å²) in [6.07, 6.45) is 0.245. The summed E-state index contributed by atoms with van der Waals surface area (Å²) in [5.41, 5.74) is 3.91. The highest BCUT2D eigenvalue weighted by Gasteiger charge is 2.15. The molecule has 6 nitrogen and oxygen atoms in total. The minimum absolute atomic E-state index is 0.0890. The van der Waals surface area contributed by atoms with Crippen molar-refractivity contribution in [1.82, 2.24) is 14.8 Å². The van der Waals surface area contributed by atoms with E-state index in [9.17, 15) is 4.79 Å². The molecule has 1 fully saturated rings. The number of carbonyl (C=O) groups excluding carboxylic acids is 1. The van der Waals surface area contributed by atoms with E-state index < -0.39 is 0 Å². The highest BCUT2D eigenvalue weighted by molar-refractivity contribution is 7.13. The number of aromatic nitrogens is 1. The minimum Gasteiger partial charge on any atom is -0.497 e. The van der Waals surface area contributed by atoms with Crippen molar-refractivity contribution in [3.63, 3.8) is 0 Å². The lowest BCUT2D eigenvalue weighted by Gasteiger charge is -2.32. The van der Waals surface area contributed by atoms with Crippen molar-refractivity contribution in [3.05, 3.63) is 65.2 Å². The van der Waals surface area contributed by atoms with Crippen LogP contribution in [0.25, 0.3) is 10.6 Å². The van der Waals surface area contributed by atoms with Crippen molar-refractivity contribution in [2.24, 2.45) is 0 Å². The normalized spacial score (nSPS) is 15.0. The number of rotatable bonds is 7. The molecule has 0 atom stereocenters. The molecule has 2 aromatic carbocycles. The van der Waals surface area contributed by atoms with Gasteiger partial charge in [-0.05, 0) is 30.8 Å². The lowest BCUT2D eigenvalue weighted by molar-refractivity contribution is -0.115. The van der Waals surface area contributed by atoms with Crippen LogP contribution in [0.2, 0.25) is 0 Å². The molecule has 1 aliphatic rings. The van der Waals surface area contributed by atoms with Crippen LogP contribution in [0.1, 0.15) is 11.3 Å². The Morgan fingerprint density at radius 2 is 1.94 bits per heavy atom. The fourth-order valence-corrected chi connectivity index (χ4v) is 4.47. The monoisotopic (exact) mass is 436 g/mol. The molecular formula is C24H28N4O2S. The van der Waals surface area contributed by atoms with Gasteiger partial charge in [0, 0.05) is 55.4 Å². The van der Waals surface area contributed by atoms with E-state index in [0.717, 1.165) is 54.7 Å². The summed E-state index contributed by atoms with van der Waals surface area (Å²) in [7, 11) is 3.78. The fraction of sp³-hybridized carbons (Fsp3) is 0.333. The molecule has 1 aliphatic heterocycles. The number of methoxy groups -OCH3 is 1. The van der Waals surface area contributed by atoms with Crippen molar-refractivity contribution in [2.45, 2.75) is 13.0 Å². The van der Waals surface area contributed by atoms with E-state index in [0.29, 0.717) is 5.75 Å². The van der Waals surface area contributed by atoms with Crippen molar-refractivity contribution in [3.8, 4) is 16.3 Å². The predicted molar refractivity (Wildman–Crippen MR) is 126 cm³/mol. The number of anilines is 1. The van der Waals surface area contributed by atoms with Crippen LogP contribution in [-0.2, 0) is 17.8 Å². The molecule has 1 aromatic heterocycles. The molecule has 1 N–H and O–H groups in total. The third-order valence-corrected chi connectivity index (χ3v) is 6.36. The molecule has 0 radical (unpaired) electrons. The van der Waals surface area contributed by atoms with E-state index in [2.05, 4.69) is 46.4 Å². The Morgan fingerprint density at radius 3 is 2.74 bits per heavy atom. The van der Waals surface area contributed by atoms with Gasteiger partial charge in [-0.2, -0.15) is 0 Å². The Morgan fingerprint density at radius 1 is 1.13 bits per heavy atom. The third-order valence-electron chi connectivity index (χ3n) is 5.42. The summed E-state index contributed by atoms with van der Waals surface area (Å²) in [5.74, 6) is 0.624. The lowest BCUT2D eigenvalue weighted by Crippen LogP contribution is -2.43. The lowest BCUT2D eigenvalue weighted by atomic mass is 10.1. The number of thiazole rings is 1. The minimum atomic E-state index is -0.0890. The van der Waals surface area contributed by atoms with Crippen LogP contribution in [0.4, 0.5) is 5.69 Å². The van der Waals surface area contributed by atoms with Gasteiger partial charge in [-0.1, -0.05) is 24.3 Å². The van der Waals surface area contributed by atoms with E-state index in [1.54, 1.807) is 24.5 Å². The third kappa shape index (κ3) is 5.91. The fourth-order valence-electron chi connectivity index (χ4n) is 3.66. The van der Waals surface area contributed by atoms with E-state index in [1.165, 1.54) is 5.56 Å². The highest BCUT2D eigenvalue weighted by Crippen LogP contribution is 2.26. The number of amides is 1. The maximum absolute atomic E-state index is 12.4. The van der Waals surface area contributed by atoms with Gasteiger partial charge in [0.2, 0.25) is 5.91 Å². The first-order valence-corrected chi connectivity index (χ1v) is 11.4. The standard InChI is InChI=1S/C24H28N4O2S/c1-27-9-11-28(12-10-27)16-18-5-3-6-19(13-18)24-26-21(17-31-24)15-23(29)25-20-7-4-8-22(14-20)30-2/h3-8,13-14,17H,9-12,15-16H2,1-2H3,(H,25,29). The Kier molecular flexibility index (Phi) is 6.96. The Balaban J connectivity index is 1.37. The van der Waals surface area contributed by atoms with E-state index in [-0.39, 0.29) is 12.3 Å². The summed E-state index contributed by atoms with van der Waals surface area (Å²) >= 11 is 1.58. The predicted octanol–water partition coefficient (Wildman–Crippen LogP) is 3.75. The second-order valence-corrected chi connectivity index (χ2v) is 8.74. The topological polar surface area (TPSA) is 57.7 Å². The maximum Gasteiger partial charge on any atom is 0.230 e. The molecule has 4 rings (SSSR count). The Hall–Kier alpha value is -2.74. The van der Waals surface area contributed by atoms with Crippen molar-refractivity contribution < 1.29 is 9.53 Å². The second kappa shape index (κ2) is 10.0. The Bertz CT molecular complexity index is 1030. The zero-order valence-corrected chi connectivity index (χ0v) is 18.8. The number of nitrogens with one attached hydrogen (secondary N) is 1. The summed E-state index contributed by atoms with van der Waals surface area (Å²) in [6, 6.07) is 15.9. The first-order chi connectivity index (χ1) is 15.1. The van der Waals surface area contributed by atoms with Gasteiger partial charge in [-0.25, -0.2) is 4.98 Å². The first-order valence-electron chi connectivity index (χ1n) is 10.5. The molecule has 0 bridgehead atoms. The number of likely N-dealkylation sites (N-methyl/N-ethyl adjacent to an activating group) is 1. The molecular weight excluding hydrogens is 408 g/mol. The number of benzene rings is 2. The smallest absolute Gasteiger partial charge is 0.230 e. The summed E-state index contributed by atoms with van der Waals surface area (Å²) in [5, 5.41) is 5.82.